The maximum absolute atomic E-state index is 15.8. The number of esters is 1. The van der Waals surface area contributed by atoms with Crippen molar-refractivity contribution in [2.24, 2.45) is 0 Å². The molecule has 1 heterocycles. The Hall–Kier alpha value is -2.84. The lowest BCUT2D eigenvalue weighted by Gasteiger charge is -2.44. The van der Waals surface area contributed by atoms with E-state index in [4.69, 9.17) is 14.2 Å². The predicted molar refractivity (Wildman–Crippen MR) is 158 cm³/mol. The summed E-state index contributed by atoms with van der Waals surface area (Å²) in [7, 11) is 0. The molecule has 0 saturated heterocycles. The summed E-state index contributed by atoms with van der Waals surface area (Å²) in [6.07, 6.45) is 5.74. The average molecular weight is 588 g/mol. The fourth-order valence-electron chi connectivity index (χ4n) is 6.14. The monoisotopic (exact) mass is 587 g/mol. The lowest BCUT2D eigenvalue weighted by atomic mass is 9.84. The normalized spacial score (nSPS) is 18.6. The van der Waals surface area contributed by atoms with Gasteiger partial charge in [-0.25, -0.2) is 18.0 Å². The topological polar surface area (TPSA) is 48.0 Å². The van der Waals surface area contributed by atoms with Crippen molar-refractivity contribution in [2.75, 3.05) is 33.0 Å². The van der Waals surface area contributed by atoms with Crippen molar-refractivity contribution in [3.8, 4) is 5.75 Å². The zero-order chi connectivity index (χ0) is 30.3. The summed E-state index contributed by atoms with van der Waals surface area (Å²) < 4.78 is 62.4. The van der Waals surface area contributed by atoms with Crippen LogP contribution in [-0.2, 0) is 20.7 Å². The number of halogens is 3. The third-order valence-electron chi connectivity index (χ3n) is 7.95. The Labute approximate surface area is 248 Å². The van der Waals surface area contributed by atoms with E-state index in [1.54, 1.807) is 6.92 Å². The van der Waals surface area contributed by atoms with E-state index in [0.717, 1.165) is 54.4 Å². The van der Waals surface area contributed by atoms with Crippen molar-refractivity contribution < 1.29 is 32.2 Å². The highest BCUT2D eigenvalue weighted by atomic mass is 19.1. The Bertz CT molecular complexity index is 1230. The number of carbonyl (C=O) groups is 1. The molecule has 0 saturated carbocycles. The summed E-state index contributed by atoms with van der Waals surface area (Å²) in [5, 5.41) is 0. The van der Waals surface area contributed by atoms with Crippen LogP contribution >= 0.6 is 0 Å². The van der Waals surface area contributed by atoms with Gasteiger partial charge in [0.2, 0.25) is 0 Å². The number of nitrogens with zero attached hydrogens (tertiary/aromatic N) is 1. The third kappa shape index (κ3) is 8.16. The molecule has 2 aliphatic rings. The van der Waals surface area contributed by atoms with Gasteiger partial charge in [-0.05, 0) is 75.7 Å². The highest BCUT2D eigenvalue weighted by molar-refractivity contribution is 5.79. The molecule has 2 atom stereocenters. The quantitative estimate of drug-likeness (QED) is 0.157. The number of hydrogen-bond donors (Lipinski definition) is 0. The lowest BCUT2D eigenvalue weighted by molar-refractivity contribution is -0.148. The Morgan fingerprint density at radius 1 is 1.02 bits per heavy atom. The van der Waals surface area contributed by atoms with Crippen LogP contribution in [0.2, 0.25) is 0 Å². The molecule has 0 aromatic heterocycles. The third-order valence-corrected chi connectivity index (χ3v) is 7.95. The fraction of sp³-hybridized carbons (Fsp3) is 0.559. The van der Waals surface area contributed by atoms with Gasteiger partial charge < -0.3 is 14.2 Å². The van der Waals surface area contributed by atoms with Gasteiger partial charge in [0.25, 0.3) is 0 Å². The Morgan fingerprint density at radius 3 is 2.38 bits per heavy atom. The van der Waals surface area contributed by atoms with Gasteiger partial charge >= 0.3 is 5.97 Å². The molecule has 42 heavy (non-hydrogen) atoms. The first-order valence-corrected chi connectivity index (χ1v) is 15.2. The fourth-order valence-corrected chi connectivity index (χ4v) is 6.14. The van der Waals surface area contributed by atoms with Crippen molar-refractivity contribution in [3.63, 3.8) is 0 Å². The van der Waals surface area contributed by atoms with E-state index >= 15 is 8.78 Å². The number of rotatable bonds is 15. The zero-order valence-corrected chi connectivity index (χ0v) is 25.3. The minimum atomic E-state index is -1.53. The SMILES string of the molecule is CCOC(=O)COCCCCCCCOc1cc(F)c([C@@H]2C3=C(C[C@@H](C)N2CC(C)(C)F)c2ccccc2C3)c(F)c1. The molecule has 0 spiro atoms. The second kappa shape index (κ2) is 14.6. The van der Waals surface area contributed by atoms with E-state index in [1.807, 2.05) is 24.0 Å². The molecule has 0 amide bonds. The van der Waals surface area contributed by atoms with E-state index in [9.17, 15) is 9.18 Å². The lowest BCUT2D eigenvalue weighted by Crippen LogP contribution is -2.47. The smallest absolute Gasteiger partial charge is 0.332 e. The van der Waals surface area contributed by atoms with Gasteiger partial charge in [0, 0.05) is 36.9 Å². The van der Waals surface area contributed by atoms with Gasteiger partial charge in [0.05, 0.1) is 19.3 Å². The maximum atomic E-state index is 15.8. The summed E-state index contributed by atoms with van der Waals surface area (Å²) in [6.45, 7) is 8.03. The van der Waals surface area contributed by atoms with Crippen molar-refractivity contribution in [2.45, 2.75) is 90.4 Å². The van der Waals surface area contributed by atoms with Crippen LogP contribution in [0.25, 0.3) is 5.57 Å². The second-order valence-electron chi connectivity index (χ2n) is 12.0. The van der Waals surface area contributed by atoms with Crippen LogP contribution in [0.1, 0.15) is 89.0 Å². The van der Waals surface area contributed by atoms with Crippen LogP contribution in [0, 0.1) is 11.6 Å². The highest BCUT2D eigenvalue weighted by Gasteiger charge is 2.42. The van der Waals surface area contributed by atoms with E-state index in [-0.39, 0.29) is 36.5 Å². The number of benzene rings is 2. The summed E-state index contributed by atoms with van der Waals surface area (Å²) in [4.78, 5) is 13.2. The molecule has 0 unspecified atom stereocenters. The number of hydrogen-bond acceptors (Lipinski definition) is 5. The van der Waals surface area contributed by atoms with Gasteiger partial charge in [-0.1, -0.05) is 43.5 Å². The van der Waals surface area contributed by atoms with E-state index in [0.29, 0.717) is 32.7 Å². The molecule has 1 aliphatic carbocycles. The minimum absolute atomic E-state index is 0.0222. The van der Waals surface area contributed by atoms with Crippen molar-refractivity contribution in [1.82, 2.24) is 4.90 Å². The molecule has 0 radical (unpaired) electrons. The number of fused-ring (bicyclic) bond motifs is 2. The molecule has 0 N–H and O–H groups in total. The first-order valence-electron chi connectivity index (χ1n) is 15.2. The first-order chi connectivity index (χ1) is 20.1. The van der Waals surface area contributed by atoms with Crippen LogP contribution < -0.4 is 4.74 Å². The predicted octanol–water partition coefficient (Wildman–Crippen LogP) is 7.77. The van der Waals surface area contributed by atoms with Gasteiger partial charge in [0.15, 0.2) is 0 Å². The van der Waals surface area contributed by atoms with E-state index < -0.39 is 23.3 Å². The van der Waals surface area contributed by atoms with Crippen LogP contribution in [0.15, 0.2) is 42.0 Å². The first kappa shape index (κ1) is 32.1. The Kier molecular flexibility index (Phi) is 11.1. The summed E-state index contributed by atoms with van der Waals surface area (Å²) in [5.41, 5.74) is 2.79. The van der Waals surface area contributed by atoms with Gasteiger partial charge in [-0.3, -0.25) is 4.90 Å². The molecule has 1 aliphatic heterocycles. The standard InChI is InChI=1S/C34H44F3NO4/c1-5-41-31(39)21-40-15-11-7-6-8-12-16-42-25-19-29(35)32(30(36)20-25)33-28-18-24-13-9-10-14-26(24)27(28)17-23(2)38(33)22-34(3,4)37/h9-10,13-14,19-20,23,33H,5-8,11-12,15-18,21-22H2,1-4H3/t23-,33+/m1/s1. The summed E-state index contributed by atoms with van der Waals surface area (Å²) >= 11 is 0. The number of unbranched alkanes of at least 4 members (excludes halogenated alkanes) is 4. The number of alkyl halides is 1. The molecule has 4 rings (SSSR count). The molecule has 8 heteroatoms. The Morgan fingerprint density at radius 2 is 1.69 bits per heavy atom. The van der Waals surface area contributed by atoms with Crippen molar-refractivity contribution >= 4 is 11.5 Å². The second-order valence-corrected chi connectivity index (χ2v) is 12.0. The average Bonchev–Trinajstić information content (AvgIpc) is 3.28. The van der Waals surface area contributed by atoms with Crippen LogP contribution in [0.5, 0.6) is 5.75 Å². The van der Waals surface area contributed by atoms with E-state index in [2.05, 4.69) is 12.1 Å². The van der Waals surface area contributed by atoms with Crippen LogP contribution in [0.3, 0.4) is 0 Å². The van der Waals surface area contributed by atoms with Gasteiger partial charge in [-0.15, -0.1) is 0 Å². The van der Waals surface area contributed by atoms with Crippen LogP contribution in [0.4, 0.5) is 13.2 Å². The Balaban J connectivity index is 1.37. The largest absolute Gasteiger partial charge is 0.493 e. The molecule has 5 nitrogen and oxygen atoms in total. The van der Waals surface area contributed by atoms with Gasteiger partial charge in [0.1, 0.15) is 29.7 Å². The molecule has 0 bridgehead atoms. The molecule has 230 valence electrons. The zero-order valence-electron chi connectivity index (χ0n) is 25.3. The van der Waals surface area contributed by atoms with Crippen LogP contribution in [-0.4, -0.2) is 55.6 Å². The van der Waals surface area contributed by atoms with Crippen molar-refractivity contribution in [1.29, 1.82) is 0 Å². The van der Waals surface area contributed by atoms with Gasteiger partial charge in [-0.2, -0.15) is 0 Å². The van der Waals surface area contributed by atoms with Crippen molar-refractivity contribution in [3.05, 3.63) is 70.3 Å². The maximum Gasteiger partial charge on any atom is 0.332 e. The molecule has 0 fully saturated rings. The van der Waals surface area contributed by atoms with E-state index in [1.165, 1.54) is 26.0 Å². The molecular formula is C34H44F3NO4. The number of ether oxygens (including phenoxy) is 3. The minimum Gasteiger partial charge on any atom is -0.493 e. The number of carbonyl (C=O) groups excluding carboxylic acids is 1. The molecule has 2 aromatic carbocycles. The highest BCUT2D eigenvalue weighted by Crippen LogP contribution is 2.50. The summed E-state index contributed by atoms with van der Waals surface area (Å²) in [6, 6.07) is 9.84. The summed E-state index contributed by atoms with van der Waals surface area (Å²) in [5.74, 6) is -1.53. The molecule has 2 aromatic rings. The molecular weight excluding hydrogens is 543 g/mol.